The molecule has 4 nitrogen and oxygen atoms in total. The number of carbonyl (C=O) groups excluding carboxylic acids is 1. The summed E-state index contributed by atoms with van der Waals surface area (Å²) in [6.45, 7) is 10.4. The Kier molecular flexibility index (Phi) is 9.07. The molecular weight excluding hydrogens is 297 g/mol. The number of halogens is 2. The number of amides is 1. The van der Waals surface area contributed by atoms with E-state index in [0.29, 0.717) is 17.2 Å². The van der Waals surface area contributed by atoms with E-state index < -0.39 is 0 Å². The second-order valence-corrected chi connectivity index (χ2v) is 5.69. The normalized spacial score (nSPS) is 22.9. The van der Waals surface area contributed by atoms with Crippen molar-refractivity contribution in [1.82, 2.24) is 15.5 Å². The Morgan fingerprint density at radius 1 is 1.25 bits per heavy atom. The van der Waals surface area contributed by atoms with Gasteiger partial charge in [-0.15, -0.1) is 24.8 Å². The summed E-state index contributed by atoms with van der Waals surface area (Å²) in [5.41, 5.74) is 0.366. The molecule has 1 saturated heterocycles. The number of nitrogens with zero attached hydrogens (tertiary/aromatic N) is 1. The predicted molar refractivity (Wildman–Crippen MR) is 87.9 cm³/mol. The van der Waals surface area contributed by atoms with Crippen molar-refractivity contribution in [3.8, 4) is 0 Å². The smallest absolute Gasteiger partial charge is 0.223 e. The maximum absolute atomic E-state index is 12.1. The van der Waals surface area contributed by atoms with Crippen molar-refractivity contribution in [2.45, 2.75) is 33.1 Å². The Morgan fingerprint density at radius 2 is 1.85 bits per heavy atom. The second-order valence-electron chi connectivity index (χ2n) is 5.69. The molecule has 2 aliphatic rings. The molecule has 1 saturated carbocycles. The number of carbonyl (C=O) groups is 1. The van der Waals surface area contributed by atoms with Crippen molar-refractivity contribution in [3.63, 3.8) is 0 Å². The zero-order valence-electron chi connectivity index (χ0n) is 12.6. The highest BCUT2D eigenvalue weighted by molar-refractivity contribution is 5.85. The van der Waals surface area contributed by atoms with Crippen LogP contribution in [0.15, 0.2) is 0 Å². The zero-order valence-corrected chi connectivity index (χ0v) is 14.2. The van der Waals surface area contributed by atoms with Crippen LogP contribution in [0.4, 0.5) is 0 Å². The molecule has 20 heavy (non-hydrogen) atoms. The van der Waals surface area contributed by atoms with Gasteiger partial charge in [0.1, 0.15) is 0 Å². The Bertz CT molecular complexity index is 292. The lowest BCUT2D eigenvalue weighted by atomic mass is 9.92. The highest BCUT2D eigenvalue weighted by atomic mass is 35.5. The Hall–Kier alpha value is -0.0300. The first-order chi connectivity index (χ1) is 8.72. The Labute approximate surface area is 135 Å². The van der Waals surface area contributed by atoms with Gasteiger partial charge < -0.3 is 15.5 Å². The third-order valence-electron chi connectivity index (χ3n) is 4.73. The van der Waals surface area contributed by atoms with Crippen LogP contribution in [0.2, 0.25) is 0 Å². The average Bonchev–Trinajstić information content (AvgIpc) is 3.09. The predicted octanol–water partition coefficient (Wildman–Crippen LogP) is 1.68. The Balaban J connectivity index is 0.00000180. The summed E-state index contributed by atoms with van der Waals surface area (Å²) in [6.07, 6.45) is 3.48. The first-order valence-corrected chi connectivity index (χ1v) is 7.42. The highest BCUT2D eigenvalue weighted by Gasteiger charge is 2.57. The molecule has 2 rings (SSSR count). The summed E-state index contributed by atoms with van der Waals surface area (Å²) in [6, 6.07) is 0. The molecule has 1 aliphatic heterocycles. The van der Waals surface area contributed by atoms with Gasteiger partial charge in [0, 0.05) is 19.0 Å². The SMILES string of the molecule is CCN(CC)CCNC(=O)C1CC12CCNCC2.Cl.Cl. The zero-order chi connectivity index (χ0) is 13.0. The Morgan fingerprint density at radius 3 is 2.40 bits per heavy atom. The number of likely N-dealkylation sites (N-methyl/N-ethyl adjacent to an activating group) is 1. The molecule has 0 aromatic carbocycles. The van der Waals surface area contributed by atoms with Gasteiger partial charge in [-0.3, -0.25) is 4.79 Å². The van der Waals surface area contributed by atoms with Gasteiger partial charge in [-0.25, -0.2) is 0 Å². The van der Waals surface area contributed by atoms with Gasteiger partial charge >= 0.3 is 0 Å². The summed E-state index contributed by atoms with van der Waals surface area (Å²) >= 11 is 0. The van der Waals surface area contributed by atoms with Gasteiger partial charge in [0.05, 0.1) is 0 Å². The van der Waals surface area contributed by atoms with E-state index in [9.17, 15) is 4.79 Å². The van der Waals surface area contributed by atoms with Crippen molar-refractivity contribution >= 4 is 30.7 Å². The van der Waals surface area contributed by atoms with Gasteiger partial charge in [-0.1, -0.05) is 13.8 Å². The van der Waals surface area contributed by atoms with E-state index in [1.807, 2.05) is 0 Å². The van der Waals surface area contributed by atoms with Crippen LogP contribution in [0.3, 0.4) is 0 Å². The average molecular weight is 326 g/mol. The molecule has 120 valence electrons. The van der Waals surface area contributed by atoms with Crippen LogP contribution < -0.4 is 10.6 Å². The van der Waals surface area contributed by atoms with Gasteiger partial charge in [0.25, 0.3) is 0 Å². The number of hydrogen-bond donors (Lipinski definition) is 2. The number of hydrogen-bond acceptors (Lipinski definition) is 3. The lowest BCUT2D eigenvalue weighted by Crippen LogP contribution is -2.37. The van der Waals surface area contributed by atoms with E-state index in [-0.39, 0.29) is 24.8 Å². The molecule has 2 fully saturated rings. The maximum atomic E-state index is 12.1. The first kappa shape index (κ1) is 20.0. The van der Waals surface area contributed by atoms with E-state index >= 15 is 0 Å². The van der Waals surface area contributed by atoms with Crippen molar-refractivity contribution in [3.05, 3.63) is 0 Å². The van der Waals surface area contributed by atoms with E-state index in [1.165, 1.54) is 12.8 Å². The maximum Gasteiger partial charge on any atom is 0.223 e. The van der Waals surface area contributed by atoms with E-state index in [0.717, 1.165) is 45.7 Å². The molecular formula is C14H29Cl2N3O. The van der Waals surface area contributed by atoms with Crippen LogP contribution in [0.25, 0.3) is 0 Å². The largest absolute Gasteiger partial charge is 0.355 e. The molecule has 1 heterocycles. The lowest BCUT2D eigenvalue weighted by Gasteiger charge is -2.23. The van der Waals surface area contributed by atoms with E-state index in [2.05, 4.69) is 29.4 Å². The fraction of sp³-hybridized carbons (Fsp3) is 0.929. The van der Waals surface area contributed by atoms with E-state index in [1.54, 1.807) is 0 Å². The number of rotatable bonds is 6. The van der Waals surface area contributed by atoms with Crippen LogP contribution in [0.1, 0.15) is 33.1 Å². The standard InChI is InChI=1S/C14H27N3O.2ClH/c1-3-17(4-2)10-9-16-13(18)12-11-14(12)5-7-15-8-6-14;;/h12,15H,3-11H2,1-2H3,(H,16,18);2*1H. The van der Waals surface area contributed by atoms with Crippen LogP contribution in [0.5, 0.6) is 0 Å². The van der Waals surface area contributed by atoms with Crippen LogP contribution in [-0.4, -0.2) is 50.1 Å². The lowest BCUT2D eigenvalue weighted by molar-refractivity contribution is -0.123. The minimum Gasteiger partial charge on any atom is -0.355 e. The van der Waals surface area contributed by atoms with Gasteiger partial charge in [0.2, 0.25) is 5.91 Å². The fourth-order valence-corrected chi connectivity index (χ4v) is 3.20. The minimum absolute atomic E-state index is 0. The molecule has 1 amide bonds. The molecule has 6 heteroatoms. The molecule has 0 radical (unpaired) electrons. The molecule has 0 bridgehead atoms. The first-order valence-electron chi connectivity index (χ1n) is 7.42. The van der Waals surface area contributed by atoms with E-state index in [4.69, 9.17) is 0 Å². The molecule has 0 aromatic heterocycles. The molecule has 1 atom stereocenters. The van der Waals surface area contributed by atoms with Crippen molar-refractivity contribution in [1.29, 1.82) is 0 Å². The minimum atomic E-state index is 0. The topological polar surface area (TPSA) is 44.4 Å². The summed E-state index contributed by atoms with van der Waals surface area (Å²) < 4.78 is 0. The number of nitrogens with one attached hydrogen (secondary N) is 2. The van der Waals surface area contributed by atoms with Crippen LogP contribution in [0, 0.1) is 11.3 Å². The molecule has 1 spiro atoms. The molecule has 2 N–H and O–H groups in total. The summed E-state index contributed by atoms with van der Waals surface area (Å²) in [5, 5.41) is 6.49. The second kappa shape index (κ2) is 9.08. The molecule has 0 aromatic rings. The monoisotopic (exact) mass is 325 g/mol. The van der Waals surface area contributed by atoms with Gasteiger partial charge in [-0.05, 0) is 50.9 Å². The van der Waals surface area contributed by atoms with Crippen molar-refractivity contribution in [2.75, 3.05) is 39.3 Å². The summed E-state index contributed by atoms with van der Waals surface area (Å²) in [4.78, 5) is 14.4. The summed E-state index contributed by atoms with van der Waals surface area (Å²) in [5.74, 6) is 0.598. The van der Waals surface area contributed by atoms with Gasteiger partial charge in [0.15, 0.2) is 0 Å². The highest BCUT2D eigenvalue weighted by Crippen LogP contribution is 2.58. The van der Waals surface area contributed by atoms with Crippen LogP contribution in [-0.2, 0) is 4.79 Å². The quantitative estimate of drug-likeness (QED) is 0.781. The van der Waals surface area contributed by atoms with Crippen LogP contribution >= 0.6 is 24.8 Å². The molecule has 1 unspecified atom stereocenters. The third kappa shape index (κ3) is 4.76. The van der Waals surface area contributed by atoms with Crippen molar-refractivity contribution < 1.29 is 4.79 Å². The van der Waals surface area contributed by atoms with Crippen molar-refractivity contribution in [2.24, 2.45) is 11.3 Å². The van der Waals surface area contributed by atoms with Gasteiger partial charge in [-0.2, -0.15) is 0 Å². The molecule has 1 aliphatic carbocycles. The third-order valence-corrected chi connectivity index (χ3v) is 4.73. The summed E-state index contributed by atoms with van der Waals surface area (Å²) in [7, 11) is 0. The fourth-order valence-electron chi connectivity index (χ4n) is 3.20. The number of piperidine rings is 1.